The molecule has 19 heavy (non-hydrogen) atoms. The number of nitrogens with zero attached hydrogens (tertiary/aromatic N) is 1. The van der Waals surface area contributed by atoms with E-state index < -0.39 is 0 Å². The monoisotopic (exact) mass is 262 g/mol. The van der Waals surface area contributed by atoms with E-state index in [1.54, 1.807) is 13.0 Å². The topological polar surface area (TPSA) is 71.7 Å². The van der Waals surface area contributed by atoms with Crippen LogP contribution in [0.25, 0.3) is 0 Å². The summed E-state index contributed by atoms with van der Waals surface area (Å²) in [4.78, 5) is 23.5. The van der Waals surface area contributed by atoms with Gasteiger partial charge in [0, 0.05) is 18.6 Å². The Kier molecular flexibility index (Phi) is 3.55. The average molecular weight is 262 g/mol. The van der Waals surface area contributed by atoms with Crippen LogP contribution in [0.1, 0.15) is 49.2 Å². The summed E-state index contributed by atoms with van der Waals surface area (Å²) in [6.45, 7) is 5.78. The minimum absolute atomic E-state index is 0.0789. The highest BCUT2D eigenvalue weighted by Gasteiger charge is 2.30. The Morgan fingerprint density at radius 2 is 2.16 bits per heavy atom. The van der Waals surface area contributed by atoms with Crippen LogP contribution in [-0.2, 0) is 4.79 Å². The molecule has 0 unspecified atom stereocenters. The van der Waals surface area contributed by atoms with Crippen LogP contribution < -0.4 is 5.43 Å². The first kappa shape index (κ1) is 13.5. The smallest absolute Gasteiger partial charge is 0.274 e. The zero-order chi connectivity index (χ0) is 14.0. The highest BCUT2D eigenvalue weighted by Crippen LogP contribution is 2.31. The third-order valence-corrected chi connectivity index (χ3v) is 3.18. The number of hydrogen-bond donors (Lipinski definition) is 1. The van der Waals surface area contributed by atoms with Crippen LogP contribution >= 0.6 is 0 Å². The molecule has 0 radical (unpaired) electrons. The van der Waals surface area contributed by atoms with Crippen molar-refractivity contribution in [3.63, 3.8) is 0 Å². The van der Waals surface area contributed by atoms with Gasteiger partial charge in [-0.3, -0.25) is 9.59 Å². The Morgan fingerprint density at radius 3 is 2.74 bits per heavy atom. The number of aryl methyl sites for hydroxylation is 1. The lowest BCUT2D eigenvalue weighted by molar-refractivity contribution is -0.120. The van der Waals surface area contributed by atoms with Gasteiger partial charge in [0.2, 0.25) is 0 Å². The van der Waals surface area contributed by atoms with Gasteiger partial charge >= 0.3 is 0 Å². The number of hydrazone groups is 1. The third-order valence-electron chi connectivity index (χ3n) is 3.18. The fraction of sp³-hybridized carbons (Fsp3) is 0.500. The van der Waals surface area contributed by atoms with E-state index in [1.165, 1.54) is 6.26 Å². The molecule has 1 heterocycles. The average Bonchev–Trinajstić information content (AvgIpc) is 2.69. The van der Waals surface area contributed by atoms with E-state index in [-0.39, 0.29) is 17.1 Å². The Labute approximate surface area is 112 Å². The van der Waals surface area contributed by atoms with Gasteiger partial charge in [0.1, 0.15) is 11.5 Å². The first-order valence-corrected chi connectivity index (χ1v) is 6.29. The van der Waals surface area contributed by atoms with Gasteiger partial charge in [-0.1, -0.05) is 13.8 Å². The maximum Gasteiger partial charge on any atom is 0.274 e. The zero-order valence-corrected chi connectivity index (χ0v) is 11.4. The summed E-state index contributed by atoms with van der Waals surface area (Å²) in [7, 11) is 0. The van der Waals surface area contributed by atoms with Crippen molar-refractivity contribution in [1.82, 2.24) is 5.43 Å². The highest BCUT2D eigenvalue weighted by molar-refractivity contribution is 6.05. The number of Topliss-reactive ketones (excluding diaryl/α,β-unsaturated/α-hetero) is 1. The predicted octanol–water partition coefficient (Wildman–Crippen LogP) is 2.45. The van der Waals surface area contributed by atoms with Crippen molar-refractivity contribution in [3.05, 3.63) is 23.7 Å². The number of hydrogen-bond acceptors (Lipinski definition) is 4. The minimum atomic E-state index is -0.311. The summed E-state index contributed by atoms with van der Waals surface area (Å²) in [5.41, 5.74) is 3.61. The second-order valence-electron chi connectivity index (χ2n) is 5.74. The normalized spacial score (nSPS) is 20.6. The lowest BCUT2D eigenvalue weighted by Crippen LogP contribution is -2.31. The molecule has 5 heteroatoms. The molecular formula is C14H18N2O3. The lowest BCUT2D eigenvalue weighted by Gasteiger charge is -2.28. The molecule has 1 saturated carbocycles. The van der Waals surface area contributed by atoms with E-state index in [4.69, 9.17) is 4.42 Å². The number of amides is 1. The number of carbonyl (C=O) groups is 2. The van der Waals surface area contributed by atoms with Gasteiger partial charge in [-0.15, -0.1) is 0 Å². The number of ketones is 1. The molecule has 1 aliphatic carbocycles. The van der Waals surface area contributed by atoms with Gasteiger partial charge in [-0.2, -0.15) is 5.10 Å². The molecule has 1 N–H and O–H groups in total. The van der Waals surface area contributed by atoms with Crippen molar-refractivity contribution < 1.29 is 14.0 Å². The van der Waals surface area contributed by atoms with Gasteiger partial charge in [0.15, 0.2) is 0 Å². The molecule has 1 fully saturated rings. The lowest BCUT2D eigenvalue weighted by atomic mass is 9.76. The molecule has 1 aromatic rings. The van der Waals surface area contributed by atoms with Crippen LogP contribution in [0.2, 0.25) is 0 Å². The molecule has 1 amide bonds. The Hall–Kier alpha value is -1.91. The van der Waals surface area contributed by atoms with Crippen LogP contribution in [0, 0.1) is 12.3 Å². The standard InChI is InChI=1S/C14H18N2O3/c1-9-12(4-5-19-9)13(18)16-15-10-6-11(17)8-14(2,3)7-10/h4-5H,6-8H2,1-3H3,(H,16,18). The van der Waals surface area contributed by atoms with Crippen LogP contribution in [0.4, 0.5) is 0 Å². The van der Waals surface area contributed by atoms with Crippen LogP contribution in [-0.4, -0.2) is 17.4 Å². The molecule has 0 aliphatic heterocycles. The number of carbonyl (C=O) groups excluding carboxylic acids is 2. The second-order valence-corrected chi connectivity index (χ2v) is 5.74. The molecule has 0 bridgehead atoms. The zero-order valence-electron chi connectivity index (χ0n) is 11.4. The van der Waals surface area contributed by atoms with E-state index in [0.29, 0.717) is 24.2 Å². The molecule has 2 rings (SSSR count). The highest BCUT2D eigenvalue weighted by atomic mass is 16.3. The molecule has 102 valence electrons. The maximum atomic E-state index is 11.8. The van der Waals surface area contributed by atoms with Crippen molar-refractivity contribution in [2.24, 2.45) is 10.5 Å². The first-order valence-electron chi connectivity index (χ1n) is 6.29. The van der Waals surface area contributed by atoms with Gasteiger partial charge in [0.05, 0.1) is 11.8 Å². The maximum absolute atomic E-state index is 11.8. The largest absolute Gasteiger partial charge is 0.469 e. The predicted molar refractivity (Wildman–Crippen MR) is 71.0 cm³/mol. The van der Waals surface area contributed by atoms with Crippen LogP contribution in [0.5, 0.6) is 0 Å². The van der Waals surface area contributed by atoms with Crippen molar-refractivity contribution in [2.45, 2.75) is 40.0 Å². The minimum Gasteiger partial charge on any atom is -0.469 e. The molecule has 1 aromatic heterocycles. The Morgan fingerprint density at radius 1 is 1.42 bits per heavy atom. The van der Waals surface area contributed by atoms with E-state index in [9.17, 15) is 9.59 Å². The SMILES string of the molecule is Cc1occc1C(=O)NN=C1CC(=O)CC(C)(C)C1. The fourth-order valence-corrected chi connectivity index (χ4v) is 2.39. The van der Waals surface area contributed by atoms with Crippen molar-refractivity contribution in [3.8, 4) is 0 Å². The van der Waals surface area contributed by atoms with Crippen molar-refractivity contribution in [2.75, 3.05) is 0 Å². The van der Waals surface area contributed by atoms with E-state index in [0.717, 1.165) is 12.1 Å². The molecule has 0 atom stereocenters. The van der Waals surface area contributed by atoms with E-state index >= 15 is 0 Å². The molecule has 1 aliphatic rings. The van der Waals surface area contributed by atoms with Gasteiger partial charge < -0.3 is 4.42 Å². The van der Waals surface area contributed by atoms with Crippen LogP contribution in [0.15, 0.2) is 21.8 Å². The number of furan rings is 1. The summed E-state index contributed by atoms with van der Waals surface area (Å²) in [6, 6.07) is 1.60. The molecule has 5 nitrogen and oxygen atoms in total. The van der Waals surface area contributed by atoms with Gasteiger partial charge in [-0.25, -0.2) is 5.43 Å². The summed E-state index contributed by atoms with van der Waals surface area (Å²) >= 11 is 0. The fourth-order valence-electron chi connectivity index (χ4n) is 2.39. The van der Waals surface area contributed by atoms with Gasteiger partial charge in [-0.05, 0) is 24.8 Å². The third kappa shape index (κ3) is 3.30. The quantitative estimate of drug-likeness (QED) is 0.832. The summed E-state index contributed by atoms with van der Waals surface area (Å²) in [5.74, 6) is 0.413. The van der Waals surface area contributed by atoms with Crippen molar-refractivity contribution >= 4 is 17.4 Å². The van der Waals surface area contributed by atoms with E-state index in [2.05, 4.69) is 10.5 Å². The summed E-state index contributed by atoms with van der Waals surface area (Å²) < 4.78 is 5.06. The van der Waals surface area contributed by atoms with Crippen LogP contribution in [0.3, 0.4) is 0 Å². The summed E-state index contributed by atoms with van der Waals surface area (Å²) in [5, 5.41) is 4.08. The van der Waals surface area contributed by atoms with Crippen molar-refractivity contribution in [1.29, 1.82) is 0 Å². The van der Waals surface area contributed by atoms with E-state index in [1.807, 2.05) is 13.8 Å². The van der Waals surface area contributed by atoms with Gasteiger partial charge in [0.25, 0.3) is 5.91 Å². The first-order chi connectivity index (χ1) is 8.87. The Bertz CT molecular complexity index is 541. The molecule has 0 saturated heterocycles. The summed E-state index contributed by atoms with van der Waals surface area (Å²) in [6.07, 6.45) is 3.09. The second kappa shape index (κ2) is 4.99. The Balaban J connectivity index is 2.05. The molecular weight excluding hydrogens is 244 g/mol. The number of nitrogens with one attached hydrogen (secondary N) is 1. The molecule has 0 aromatic carbocycles. The molecule has 0 spiro atoms. The number of rotatable bonds is 2.